The van der Waals surface area contributed by atoms with Gasteiger partial charge in [0, 0.05) is 6.04 Å². The average molecular weight is 319 g/mol. The molecule has 4 nitrogen and oxygen atoms in total. The van der Waals surface area contributed by atoms with E-state index in [1.165, 1.54) is 12.1 Å². The molecule has 0 spiro atoms. The van der Waals surface area contributed by atoms with Crippen LogP contribution in [0.4, 0.5) is 4.39 Å². The molecule has 2 aliphatic carbocycles. The summed E-state index contributed by atoms with van der Waals surface area (Å²) in [6.45, 7) is 0. The summed E-state index contributed by atoms with van der Waals surface area (Å²) in [5, 5.41) is 11.9. The van der Waals surface area contributed by atoms with Crippen LogP contribution in [0.15, 0.2) is 24.3 Å². The van der Waals surface area contributed by atoms with E-state index in [2.05, 4.69) is 5.32 Å². The van der Waals surface area contributed by atoms with Crippen molar-refractivity contribution in [3.63, 3.8) is 0 Å². The third-order valence-corrected chi connectivity index (χ3v) is 5.34. The van der Waals surface area contributed by atoms with E-state index in [0.29, 0.717) is 12.8 Å². The lowest BCUT2D eigenvalue weighted by Gasteiger charge is -2.40. The Hall–Kier alpha value is -1.91. The maximum absolute atomic E-state index is 13.6. The number of carbonyl (C=O) groups excluding carboxylic acids is 1. The number of rotatable bonds is 4. The Kier molecular flexibility index (Phi) is 4.37. The fraction of sp³-hybridized carbons (Fsp3) is 0.556. The lowest BCUT2D eigenvalue weighted by Crippen LogP contribution is -2.53. The van der Waals surface area contributed by atoms with Gasteiger partial charge in [0.1, 0.15) is 5.82 Å². The molecule has 1 aromatic carbocycles. The molecule has 0 saturated heterocycles. The highest BCUT2D eigenvalue weighted by molar-refractivity contribution is 5.89. The first-order valence-electron chi connectivity index (χ1n) is 8.31. The van der Waals surface area contributed by atoms with Crippen molar-refractivity contribution in [3.05, 3.63) is 35.6 Å². The summed E-state index contributed by atoms with van der Waals surface area (Å²) < 4.78 is 13.6. The molecule has 3 rings (SSSR count). The first-order chi connectivity index (χ1) is 11.0. The minimum atomic E-state index is -0.798. The molecular weight excluding hydrogens is 297 g/mol. The Morgan fingerprint density at radius 3 is 2.48 bits per heavy atom. The molecule has 2 saturated carbocycles. The Bertz CT molecular complexity index is 604. The van der Waals surface area contributed by atoms with Crippen LogP contribution in [-0.2, 0) is 15.0 Å². The van der Waals surface area contributed by atoms with Crippen molar-refractivity contribution < 1.29 is 19.1 Å². The molecule has 0 bridgehead atoms. The van der Waals surface area contributed by atoms with E-state index in [-0.39, 0.29) is 23.7 Å². The van der Waals surface area contributed by atoms with Gasteiger partial charge in [0.2, 0.25) is 5.91 Å². The molecule has 0 unspecified atom stereocenters. The number of amides is 1. The summed E-state index contributed by atoms with van der Waals surface area (Å²) in [5.74, 6) is -1.55. The number of hydrogen-bond acceptors (Lipinski definition) is 2. The van der Waals surface area contributed by atoms with Crippen molar-refractivity contribution >= 4 is 11.9 Å². The Balaban J connectivity index is 1.76. The van der Waals surface area contributed by atoms with E-state index < -0.39 is 11.4 Å². The molecule has 0 atom stereocenters. The topological polar surface area (TPSA) is 66.4 Å². The predicted octanol–water partition coefficient (Wildman–Crippen LogP) is 3.01. The number of benzene rings is 1. The summed E-state index contributed by atoms with van der Waals surface area (Å²) in [6, 6.07) is 6.26. The van der Waals surface area contributed by atoms with Crippen molar-refractivity contribution in [1.29, 1.82) is 0 Å². The number of nitrogens with one attached hydrogen (secondary N) is 1. The molecular formula is C18H22FNO3. The molecule has 1 amide bonds. The van der Waals surface area contributed by atoms with Crippen molar-refractivity contribution in [1.82, 2.24) is 5.32 Å². The molecule has 0 heterocycles. The van der Waals surface area contributed by atoms with Gasteiger partial charge in [-0.1, -0.05) is 31.4 Å². The SMILES string of the molecule is O=C(O)C1CC(NC(=O)C2(c3cccc(F)c3)CCCCC2)C1. The molecule has 2 fully saturated rings. The molecule has 124 valence electrons. The fourth-order valence-corrected chi connectivity index (χ4v) is 3.85. The van der Waals surface area contributed by atoms with E-state index in [1.54, 1.807) is 6.07 Å². The number of carboxylic acid groups (broad SMARTS) is 1. The lowest BCUT2D eigenvalue weighted by atomic mass is 9.68. The van der Waals surface area contributed by atoms with Crippen LogP contribution in [0.5, 0.6) is 0 Å². The van der Waals surface area contributed by atoms with Crippen LogP contribution in [0.1, 0.15) is 50.5 Å². The zero-order valence-corrected chi connectivity index (χ0v) is 13.1. The van der Waals surface area contributed by atoms with Gasteiger partial charge in [0.15, 0.2) is 0 Å². The van der Waals surface area contributed by atoms with E-state index in [9.17, 15) is 14.0 Å². The predicted molar refractivity (Wildman–Crippen MR) is 83.5 cm³/mol. The number of carboxylic acids is 1. The standard InChI is InChI=1S/C18H22FNO3/c19-14-6-4-5-13(11-14)18(7-2-1-3-8-18)17(23)20-15-9-12(10-15)16(21)22/h4-6,11-12,15H,1-3,7-10H2,(H,20,23)(H,21,22). The van der Waals surface area contributed by atoms with Crippen LogP contribution in [0.25, 0.3) is 0 Å². The molecule has 0 radical (unpaired) electrons. The second kappa shape index (κ2) is 6.30. The third-order valence-electron chi connectivity index (χ3n) is 5.34. The van der Waals surface area contributed by atoms with Gasteiger partial charge in [-0.15, -0.1) is 0 Å². The molecule has 23 heavy (non-hydrogen) atoms. The average Bonchev–Trinajstić information content (AvgIpc) is 2.50. The molecule has 2 aliphatic rings. The maximum Gasteiger partial charge on any atom is 0.306 e. The smallest absolute Gasteiger partial charge is 0.306 e. The quantitative estimate of drug-likeness (QED) is 0.896. The summed E-state index contributed by atoms with van der Waals surface area (Å²) in [4.78, 5) is 23.8. The summed E-state index contributed by atoms with van der Waals surface area (Å²) in [6.07, 6.45) is 5.41. The van der Waals surface area contributed by atoms with Crippen molar-refractivity contribution in [3.8, 4) is 0 Å². The Morgan fingerprint density at radius 1 is 1.17 bits per heavy atom. The number of hydrogen-bond donors (Lipinski definition) is 2. The first-order valence-corrected chi connectivity index (χ1v) is 8.31. The zero-order valence-electron chi connectivity index (χ0n) is 13.1. The van der Waals surface area contributed by atoms with Crippen molar-refractivity contribution in [2.75, 3.05) is 0 Å². The van der Waals surface area contributed by atoms with Crippen LogP contribution in [0, 0.1) is 11.7 Å². The monoisotopic (exact) mass is 319 g/mol. The van der Waals surface area contributed by atoms with Crippen LogP contribution in [0.2, 0.25) is 0 Å². The van der Waals surface area contributed by atoms with E-state index in [4.69, 9.17) is 5.11 Å². The van der Waals surface area contributed by atoms with Gasteiger partial charge in [0.25, 0.3) is 0 Å². The van der Waals surface area contributed by atoms with E-state index >= 15 is 0 Å². The number of carbonyl (C=O) groups is 2. The van der Waals surface area contributed by atoms with E-state index in [0.717, 1.165) is 37.7 Å². The van der Waals surface area contributed by atoms with Gasteiger partial charge >= 0.3 is 5.97 Å². The van der Waals surface area contributed by atoms with Gasteiger partial charge in [-0.05, 0) is 43.4 Å². The highest BCUT2D eigenvalue weighted by Crippen LogP contribution is 2.40. The summed E-state index contributed by atoms with van der Waals surface area (Å²) >= 11 is 0. The van der Waals surface area contributed by atoms with Gasteiger partial charge in [0.05, 0.1) is 11.3 Å². The van der Waals surface area contributed by atoms with Gasteiger partial charge in [-0.25, -0.2) is 4.39 Å². The molecule has 5 heteroatoms. The Morgan fingerprint density at radius 2 is 1.87 bits per heavy atom. The zero-order chi connectivity index (χ0) is 16.4. The number of halogens is 1. The normalized spacial score (nSPS) is 26.1. The van der Waals surface area contributed by atoms with Gasteiger partial charge in [-0.2, -0.15) is 0 Å². The van der Waals surface area contributed by atoms with Gasteiger partial charge in [-0.3, -0.25) is 9.59 Å². The Labute approximate surface area is 135 Å². The highest BCUT2D eigenvalue weighted by atomic mass is 19.1. The minimum Gasteiger partial charge on any atom is -0.481 e. The minimum absolute atomic E-state index is 0.0726. The third kappa shape index (κ3) is 3.09. The second-order valence-electron chi connectivity index (χ2n) is 6.83. The van der Waals surface area contributed by atoms with Crippen molar-refractivity contribution in [2.24, 2.45) is 5.92 Å². The summed E-state index contributed by atoms with van der Waals surface area (Å²) in [7, 11) is 0. The lowest BCUT2D eigenvalue weighted by molar-refractivity contribution is -0.146. The highest BCUT2D eigenvalue weighted by Gasteiger charge is 2.44. The second-order valence-corrected chi connectivity index (χ2v) is 6.83. The number of aliphatic carboxylic acids is 1. The van der Waals surface area contributed by atoms with Crippen LogP contribution < -0.4 is 5.32 Å². The largest absolute Gasteiger partial charge is 0.481 e. The fourth-order valence-electron chi connectivity index (χ4n) is 3.85. The maximum atomic E-state index is 13.6. The molecule has 0 aromatic heterocycles. The summed E-state index contributed by atoms with van der Waals surface area (Å²) in [5.41, 5.74) is 0.0677. The van der Waals surface area contributed by atoms with Gasteiger partial charge < -0.3 is 10.4 Å². The van der Waals surface area contributed by atoms with Crippen LogP contribution in [0.3, 0.4) is 0 Å². The molecule has 1 aromatic rings. The van der Waals surface area contributed by atoms with Crippen molar-refractivity contribution in [2.45, 2.75) is 56.4 Å². The van der Waals surface area contributed by atoms with Crippen LogP contribution in [-0.4, -0.2) is 23.0 Å². The molecule has 2 N–H and O–H groups in total. The first kappa shape index (κ1) is 16.0. The molecule has 0 aliphatic heterocycles. The van der Waals surface area contributed by atoms with E-state index in [1.807, 2.05) is 6.07 Å². The van der Waals surface area contributed by atoms with Crippen LogP contribution >= 0.6 is 0 Å².